The second-order valence-electron chi connectivity index (χ2n) is 7.83. The van der Waals surface area contributed by atoms with E-state index in [9.17, 15) is 4.79 Å². The van der Waals surface area contributed by atoms with E-state index in [1.54, 1.807) is 0 Å². The van der Waals surface area contributed by atoms with Crippen molar-refractivity contribution < 1.29 is 9.53 Å². The van der Waals surface area contributed by atoms with E-state index in [4.69, 9.17) is 10.5 Å². The predicted octanol–water partition coefficient (Wildman–Crippen LogP) is 0.626. The van der Waals surface area contributed by atoms with Gasteiger partial charge in [0.05, 0.1) is 17.7 Å². The molecule has 1 amide bonds. The molecule has 0 radical (unpaired) electrons. The van der Waals surface area contributed by atoms with Gasteiger partial charge in [-0.15, -0.1) is 0 Å². The fourth-order valence-electron chi connectivity index (χ4n) is 3.94. The van der Waals surface area contributed by atoms with Crippen molar-refractivity contribution >= 4 is 5.91 Å². The highest BCUT2D eigenvalue weighted by atomic mass is 16.5. The monoisotopic (exact) mass is 293 g/mol. The van der Waals surface area contributed by atoms with Crippen LogP contribution in [0.4, 0.5) is 0 Å². The highest BCUT2D eigenvalue weighted by Gasteiger charge is 2.51. The van der Waals surface area contributed by atoms with Crippen LogP contribution in [-0.2, 0) is 9.53 Å². The van der Waals surface area contributed by atoms with Crippen LogP contribution >= 0.6 is 0 Å². The van der Waals surface area contributed by atoms with Crippen molar-refractivity contribution in [2.45, 2.75) is 68.7 Å². The highest BCUT2D eigenvalue weighted by Crippen LogP contribution is 2.40. The molecule has 1 unspecified atom stereocenters. The van der Waals surface area contributed by atoms with E-state index in [0.29, 0.717) is 12.1 Å². The van der Waals surface area contributed by atoms with Crippen molar-refractivity contribution in [2.75, 3.05) is 19.7 Å². The summed E-state index contributed by atoms with van der Waals surface area (Å²) in [6.07, 6.45) is 6.06. The Hall–Kier alpha value is -0.650. The Morgan fingerprint density at radius 2 is 1.95 bits per heavy atom. The molecule has 4 fully saturated rings. The quantitative estimate of drug-likeness (QED) is 0.801. The van der Waals surface area contributed by atoms with Crippen LogP contribution in [0.3, 0.4) is 0 Å². The van der Waals surface area contributed by atoms with Gasteiger partial charge in [0.25, 0.3) is 0 Å². The number of nitrogens with one attached hydrogen (secondary N) is 1. The van der Waals surface area contributed by atoms with Gasteiger partial charge < -0.3 is 20.7 Å². The maximum Gasteiger partial charge on any atom is 0.242 e. The number of nitrogens with zero attached hydrogens (tertiary/aromatic N) is 1. The number of nitrogens with two attached hydrogens (primary N) is 1. The van der Waals surface area contributed by atoms with Gasteiger partial charge in [0, 0.05) is 25.2 Å². The number of ether oxygens (including phenoxy) is 1. The number of hydrogen-bond acceptors (Lipinski definition) is 4. The van der Waals surface area contributed by atoms with E-state index in [0.717, 1.165) is 57.7 Å². The van der Waals surface area contributed by atoms with Crippen molar-refractivity contribution in [3.8, 4) is 0 Å². The molecule has 0 aromatic rings. The van der Waals surface area contributed by atoms with Crippen LogP contribution in [0.1, 0.15) is 45.4 Å². The lowest BCUT2D eigenvalue weighted by molar-refractivity contribution is -0.138. The second-order valence-corrected chi connectivity index (χ2v) is 7.83. The SMILES string of the molecule is C[C@@H]1C[C@H]1NC1COC2(CCN(C(=O)C3(N)CC3)CC2)C1. The maximum absolute atomic E-state index is 12.3. The molecule has 3 atom stereocenters. The molecule has 4 rings (SSSR count). The van der Waals surface area contributed by atoms with Crippen molar-refractivity contribution in [1.29, 1.82) is 0 Å². The number of hydrogen-bond donors (Lipinski definition) is 2. The van der Waals surface area contributed by atoms with Gasteiger partial charge in [-0.1, -0.05) is 6.92 Å². The smallest absolute Gasteiger partial charge is 0.242 e. The van der Waals surface area contributed by atoms with Crippen molar-refractivity contribution in [3.63, 3.8) is 0 Å². The van der Waals surface area contributed by atoms with Crippen LogP contribution in [0.25, 0.3) is 0 Å². The number of carbonyl (C=O) groups excluding carboxylic acids is 1. The third-order valence-corrected chi connectivity index (χ3v) is 5.94. The average molecular weight is 293 g/mol. The molecule has 4 aliphatic rings. The summed E-state index contributed by atoms with van der Waals surface area (Å²) >= 11 is 0. The number of likely N-dealkylation sites (tertiary alicyclic amines) is 1. The third-order valence-electron chi connectivity index (χ3n) is 5.94. The number of amides is 1. The van der Waals surface area contributed by atoms with Gasteiger partial charge in [-0.3, -0.25) is 4.79 Å². The summed E-state index contributed by atoms with van der Waals surface area (Å²) in [5.74, 6) is 0.997. The van der Waals surface area contributed by atoms with Gasteiger partial charge >= 0.3 is 0 Å². The first-order valence-electron chi connectivity index (χ1n) is 8.48. The lowest BCUT2D eigenvalue weighted by Gasteiger charge is -2.39. The molecule has 118 valence electrons. The molecule has 5 nitrogen and oxygen atoms in total. The number of piperidine rings is 1. The summed E-state index contributed by atoms with van der Waals surface area (Å²) in [6, 6.07) is 1.22. The van der Waals surface area contributed by atoms with Gasteiger partial charge in [-0.25, -0.2) is 0 Å². The Kier molecular flexibility index (Phi) is 3.11. The standard InChI is InChI=1S/C16H27N3O2/c1-11-8-13(11)18-12-9-15(21-10-12)4-6-19(7-5-15)14(20)16(17)2-3-16/h11-13,18H,2-10,17H2,1H3/t11-,12?,13-/m1/s1. The molecule has 0 aromatic carbocycles. The molecule has 0 bridgehead atoms. The molecule has 5 heteroatoms. The Morgan fingerprint density at radius 3 is 2.52 bits per heavy atom. The minimum atomic E-state index is -0.521. The fraction of sp³-hybridized carbons (Fsp3) is 0.938. The van der Waals surface area contributed by atoms with Crippen LogP contribution in [0.2, 0.25) is 0 Å². The largest absolute Gasteiger partial charge is 0.373 e. The van der Waals surface area contributed by atoms with Gasteiger partial charge in [-0.05, 0) is 44.4 Å². The zero-order valence-electron chi connectivity index (χ0n) is 12.9. The topological polar surface area (TPSA) is 67.6 Å². The molecule has 2 aliphatic carbocycles. The molecule has 21 heavy (non-hydrogen) atoms. The summed E-state index contributed by atoms with van der Waals surface area (Å²) in [5.41, 5.74) is 5.52. The molecular formula is C16H27N3O2. The summed E-state index contributed by atoms with van der Waals surface area (Å²) in [4.78, 5) is 14.3. The summed E-state index contributed by atoms with van der Waals surface area (Å²) in [5, 5.41) is 3.72. The third kappa shape index (κ3) is 2.60. The second kappa shape index (κ2) is 4.67. The molecule has 3 N–H and O–H groups in total. The van der Waals surface area contributed by atoms with Gasteiger partial charge in [-0.2, -0.15) is 0 Å². The van der Waals surface area contributed by atoms with Crippen LogP contribution in [0, 0.1) is 5.92 Å². The lowest BCUT2D eigenvalue weighted by atomic mass is 9.87. The highest BCUT2D eigenvalue weighted by molar-refractivity contribution is 5.89. The van der Waals surface area contributed by atoms with Crippen LogP contribution in [0.15, 0.2) is 0 Å². The Morgan fingerprint density at radius 1 is 1.29 bits per heavy atom. The summed E-state index contributed by atoms with van der Waals surface area (Å²) in [6.45, 7) is 4.75. The van der Waals surface area contributed by atoms with E-state index in [-0.39, 0.29) is 11.5 Å². The summed E-state index contributed by atoms with van der Waals surface area (Å²) < 4.78 is 6.16. The Balaban J connectivity index is 1.29. The molecule has 0 aromatic heterocycles. The molecule has 2 saturated heterocycles. The van der Waals surface area contributed by atoms with Crippen LogP contribution < -0.4 is 11.1 Å². The van der Waals surface area contributed by atoms with E-state index in [1.165, 1.54) is 6.42 Å². The van der Waals surface area contributed by atoms with Crippen molar-refractivity contribution in [3.05, 3.63) is 0 Å². The molecule has 2 saturated carbocycles. The first kappa shape index (κ1) is 14.0. The Labute approximate surface area is 126 Å². The van der Waals surface area contributed by atoms with E-state index < -0.39 is 5.54 Å². The van der Waals surface area contributed by atoms with E-state index in [2.05, 4.69) is 12.2 Å². The lowest BCUT2D eigenvalue weighted by Crippen LogP contribution is -2.52. The molecular weight excluding hydrogens is 266 g/mol. The summed E-state index contributed by atoms with van der Waals surface area (Å²) in [7, 11) is 0. The number of rotatable bonds is 3. The van der Waals surface area contributed by atoms with Crippen molar-refractivity contribution in [1.82, 2.24) is 10.2 Å². The Bertz CT molecular complexity index is 441. The minimum absolute atomic E-state index is 0.0118. The van der Waals surface area contributed by atoms with Gasteiger partial charge in [0.15, 0.2) is 0 Å². The normalized spacial score (nSPS) is 39.5. The van der Waals surface area contributed by atoms with E-state index >= 15 is 0 Å². The number of carbonyl (C=O) groups is 1. The molecule has 2 heterocycles. The maximum atomic E-state index is 12.3. The zero-order chi connectivity index (χ0) is 14.7. The zero-order valence-corrected chi connectivity index (χ0v) is 12.9. The van der Waals surface area contributed by atoms with Crippen LogP contribution in [0.5, 0.6) is 0 Å². The van der Waals surface area contributed by atoms with Crippen molar-refractivity contribution in [2.24, 2.45) is 11.7 Å². The van der Waals surface area contributed by atoms with E-state index in [1.807, 2.05) is 4.90 Å². The van der Waals surface area contributed by atoms with Gasteiger partial charge in [0.1, 0.15) is 0 Å². The van der Waals surface area contributed by atoms with Gasteiger partial charge in [0.2, 0.25) is 5.91 Å². The molecule has 1 spiro atoms. The predicted molar refractivity (Wildman–Crippen MR) is 79.8 cm³/mol. The minimum Gasteiger partial charge on any atom is -0.373 e. The fourth-order valence-corrected chi connectivity index (χ4v) is 3.94. The first-order chi connectivity index (χ1) is 10.00. The van der Waals surface area contributed by atoms with Crippen LogP contribution in [-0.4, -0.2) is 53.7 Å². The average Bonchev–Trinajstić information content (AvgIpc) is 3.34. The molecule has 2 aliphatic heterocycles. The first-order valence-corrected chi connectivity index (χ1v) is 8.48.